The van der Waals surface area contributed by atoms with Crippen molar-refractivity contribution >= 4 is 26.8 Å². The first kappa shape index (κ1) is 18.6. The van der Waals surface area contributed by atoms with E-state index in [2.05, 4.69) is 4.90 Å². The molecule has 1 aromatic heterocycles. The van der Waals surface area contributed by atoms with Crippen LogP contribution in [0.25, 0.3) is 11.1 Å². The molecule has 0 radical (unpaired) electrons. The molecule has 0 unspecified atom stereocenters. The molecular weight excluding hydrogens is 382 g/mol. The summed E-state index contributed by atoms with van der Waals surface area (Å²) in [6.45, 7) is 1.96. The number of anilines is 1. The van der Waals surface area contributed by atoms with E-state index in [0.717, 1.165) is 11.4 Å². The van der Waals surface area contributed by atoms with Crippen molar-refractivity contribution in [2.75, 3.05) is 38.2 Å². The second kappa shape index (κ2) is 6.99. The molecule has 3 aromatic rings. The van der Waals surface area contributed by atoms with Gasteiger partial charge in [-0.2, -0.15) is 4.31 Å². The molecule has 9 heteroatoms. The highest BCUT2D eigenvalue weighted by molar-refractivity contribution is 7.89. The van der Waals surface area contributed by atoms with Crippen LogP contribution in [0.5, 0.6) is 5.75 Å². The first-order valence-corrected chi connectivity index (χ1v) is 10.3. The molecule has 4 rings (SSSR count). The van der Waals surface area contributed by atoms with E-state index in [4.69, 9.17) is 9.15 Å². The van der Waals surface area contributed by atoms with Crippen LogP contribution < -0.4 is 15.4 Å². The van der Waals surface area contributed by atoms with Crippen LogP contribution in [0.1, 0.15) is 0 Å². The Morgan fingerprint density at radius 3 is 2.32 bits per heavy atom. The Balaban J connectivity index is 1.53. The van der Waals surface area contributed by atoms with Crippen molar-refractivity contribution in [2.24, 2.45) is 7.05 Å². The lowest BCUT2D eigenvalue weighted by Gasteiger charge is -2.35. The van der Waals surface area contributed by atoms with Gasteiger partial charge in [-0.25, -0.2) is 13.2 Å². The molecule has 1 aliphatic rings. The highest BCUT2D eigenvalue weighted by atomic mass is 32.2. The van der Waals surface area contributed by atoms with Gasteiger partial charge in [-0.3, -0.25) is 4.57 Å². The minimum absolute atomic E-state index is 0.161. The molecule has 0 amide bonds. The number of oxazole rings is 1. The summed E-state index contributed by atoms with van der Waals surface area (Å²) in [5.74, 6) is 0.270. The number of piperazine rings is 1. The maximum Gasteiger partial charge on any atom is 0.419 e. The molecule has 0 N–H and O–H groups in total. The fourth-order valence-electron chi connectivity index (χ4n) is 3.40. The normalized spacial score (nSPS) is 15.9. The van der Waals surface area contributed by atoms with Gasteiger partial charge in [0.05, 0.1) is 17.5 Å². The Bertz CT molecular complexity index is 1160. The van der Waals surface area contributed by atoms with Gasteiger partial charge in [0.1, 0.15) is 5.75 Å². The van der Waals surface area contributed by atoms with Gasteiger partial charge in [0.2, 0.25) is 10.0 Å². The number of aromatic nitrogens is 1. The van der Waals surface area contributed by atoms with Gasteiger partial charge in [-0.1, -0.05) is 0 Å². The van der Waals surface area contributed by atoms with E-state index in [1.165, 1.54) is 27.1 Å². The Hall–Kier alpha value is -2.78. The number of hydrogen-bond donors (Lipinski definition) is 0. The Morgan fingerprint density at radius 1 is 1.00 bits per heavy atom. The van der Waals surface area contributed by atoms with Crippen molar-refractivity contribution in [1.82, 2.24) is 8.87 Å². The molecule has 0 spiro atoms. The summed E-state index contributed by atoms with van der Waals surface area (Å²) in [7, 11) is -0.471. The molecule has 1 saturated heterocycles. The molecule has 1 fully saturated rings. The van der Waals surface area contributed by atoms with Gasteiger partial charge in [0.15, 0.2) is 5.58 Å². The topological polar surface area (TPSA) is 85.0 Å². The van der Waals surface area contributed by atoms with Gasteiger partial charge < -0.3 is 14.1 Å². The maximum absolute atomic E-state index is 13.0. The first-order chi connectivity index (χ1) is 13.4. The lowest BCUT2D eigenvalue weighted by Crippen LogP contribution is -2.48. The van der Waals surface area contributed by atoms with Crippen LogP contribution in [0.4, 0.5) is 5.69 Å². The van der Waals surface area contributed by atoms with Crippen LogP contribution in [0, 0.1) is 0 Å². The molecular formula is C19H21N3O5S. The Kier molecular flexibility index (Phi) is 4.64. The Labute approximate surface area is 162 Å². The van der Waals surface area contributed by atoms with Crippen molar-refractivity contribution in [2.45, 2.75) is 4.90 Å². The standard InChI is InChI=1S/C19H21N3O5S/c1-20-17-13-16(7-8-18(17)27-19(20)23)28(24,25)22-11-9-21(10-12-22)14-3-5-15(26-2)6-4-14/h3-8,13H,9-12H2,1-2H3. The molecule has 2 aromatic carbocycles. The average molecular weight is 403 g/mol. The zero-order valence-electron chi connectivity index (χ0n) is 15.7. The summed E-state index contributed by atoms with van der Waals surface area (Å²) in [5, 5.41) is 0. The smallest absolute Gasteiger partial charge is 0.419 e. The fraction of sp³-hybridized carbons (Fsp3) is 0.316. The van der Waals surface area contributed by atoms with Crippen molar-refractivity contribution in [3.05, 3.63) is 53.0 Å². The van der Waals surface area contributed by atoms with E-state index >= 15 is 0 Å². The van der Waals surface area contributed by atoms with Crippen molar-refractivity contribution in [1.29, 1.82) is 0 Å². The molecule has 0 saturated carbocycles. The summed E-state index contributed by atoms with van der Waals surface area (Å²) in [6, 6.07) is 12.2. The number of fused-ring (bicyclic) bond motifs is 1. The highest BCUT2D eigenvalue weighted by Crippen LogP contribution is 2.25. The highest BCUT2D eigenvalue weighted by Gasteiger charge is 2.29. The van der Waals surface area contributed by atoms with Crippen molar-refractivity contribution in [3.63, 3.8) is 0 Å². The summed E-state index contributed by atoms with van der Waals surface area (Å²) in [6.07, 6.45) is 0. The number of nitrogens with zero attached hydrogens (tertiary/aromatic N) is 3. The predicted octanol–water partition coefficient (Wildman–Crippen LogP) is 1.65. The molecule has 8 nitrogen and oxygen atoms in total. The average Bonchev–Trinajstić information content (AvgIpc) is 3.01. The molecule has 0 atom stereocenters. The summed E-state index contributed by atoms with van der Waals surface area (Å²) < 4.78 is 39.1. The van der Waals surface area contributed by atoms with Crippen LogP contribution in [0.3, 0.4) is 0 Å². The largest absolute Gasteiger partial charge is 0.497 e. The van der Waals surface area contributed by atoms with Gasteiger partial charge in [-0.15, -0.1) is 0 Å². The van der Waals surface area contributed by atoms with Crippen LogP contribution >= 0.6 is 0 Å². The monoisotopic (exact) mass is 403 g/mol. The SMILES string of the molecule is COc1ccc(N2CCN(S(=O)(=O)c3ccc4oc(=O)n(C)c4c3)CC2)cc1. The molecule has 148 valence electrons. The molecule has 1 aliphatic heterocycles. The number of rotatable bonds is 4. The third kappa shape index (κ3) is 3.16. The summed E-state index contributed by atoms with van der Waals surface area (Å²) >= 11 is 0. The lowest BCUT2D eigenvalue weighted by atomic mass is 10.2. The van der Waals surface area contributed by atoms with Gasteiger partial charge in [-0.05, 0) is 42.5 Å². The number of methoxy groups -OCH3 is 1. The van der Waals surface area contributed by atoms with E-state index in [1.807, 2.05) is 24.3 Å². The van der Waals surface area contributed by atoms with Crippen LogP contribution in [-0.4, -0.2) is 50.6 Å². The minimum Gasteiger partial charge on any atom is -0.497 e. The number of sulfonamides is 1. The zero-order chi connectivity index (χ0) is 19.9. The van der Waals surface area contributed by atoms with Crippen LogP contribution in [0.2, 0.25) is 0 Å². The minimum atomic E-state index is -3.65. The number of hydrogen-bond acceptors (Lipinski definition) is 6. The van der Waals surface area contributed by atoms with Crippen molar-refractivity contribution < 1.29 is 17.6 Å². The van der Waals surface area contributed by atoms with Gasteiger partial charge in [0, 0.05) is 38.9 Å². The Morgan fingerprint density at radius 2 is 1.68 bits per heavy atom. The summed E-state index contributed by atoms with van der Waals surface area (Å²) in [4.78, 5) is 13.9. The van der Waals surface area contributed by atoms with Gasteiger partial charge >= 0.3 is 5.76 Å². The number of aryl methyl sites for hydroxylation is 1. The third-order valence-electron chi connectivity index (χ3n) is 5.08. The third-order valence-corrected chi connectivity index (χ3v) is 6.97. The van der Waals surface area contributed by atoms with E-state index in [9.17, 15) is 13.2 Å². The van der Waals surface area contributed by atoms with Crippen LogP contribution in [-0.2, 0) is 17.1 Å². The summed E-state index contributed by atoms with van der Waals surface area (Å²) in [5.41, 5.74) is 1.87. The molecule has 2 heterocycles. The van der Waals surface area contributed by atoms with Crippen molar-refractivity contribution in [3.8, 4) is 5.75 Å². The van der Waals surface area contributed by atoms with E-state index < -0.39 is 15.8 Å². The van der Waals surface area contributed by atoms with Crippen LogP contribution in [0.15, 0.2) is 56.6 Å². The quantitative estimate of drug-likeness (QED) is 0.659. The van der Waals surface area contributed by atoms with E-state index in [1.54, 1.807) is 14.2 Å². The first-order valence-electron chi connectivity index (χ1n) is 8.89. The number of ether oxygens (including phenoxy) is 1. The van der Waals surface area contributed by atoms with E-state index in [-0.39, 0.29) is 4.90 Å². The molecule has 28 heavy (non-hydrogen) atoms. The fourth-order valence-corrected chi connectivity index (χ4v) is 4.84. The lowest BCUT2D eigenvalue weighted by molar-refractivity contribution is 0.384. The number of benzene rings is 2. The molecule has 0 aliphatic carbocycles. The van der Waals surface area contributed by atoms with Gasteiger partial charge in [0.25, 0.3) is 0 Å². The second-order valence-electron chi connectivity index (χ2n) is 6.65. The maximum atomic E-state index is 13.0. The molecule has 0 bridgehead atoms. The zero-order valence-corrected chi connectivity index (χ0v) is 16.5. The predicted molar refractivity (Wildman–Crippen MR) is 105 cm³/mol. The second-order valence-corrected chi connectivity index (χ2v) is 8.58. The van der Waals surface area contributed by atoms with E-state index in [0.29, 0.717) is 37.3 Å².